The molecular formula is C19H21F2N2O3S+. The number of carbonyl (C=O) groups excluding carboxylic acids is 1. The molecule has 0 bridgehead atoms. The second-order valence-electron chi connectivity index (χ2n) is 6.53. The van der Waals surface area contributed by atoms with Crippen LogP contribution < -0.4 is 4.90 Å². The number of amides is 1. The van der Waals surface area contributed by atoms with Crippen molar-refractivity contribution in [3.8, 4) is 0 Å². The molecule has 1 heterocycles. The van der Waals surface area contributed by atoms with Crippen molar-refractivity contribution in [1.29, 1.82) is 0 Å². The maximum Gasteiger partial charge on any atom is 0.341 e. The van der Waals surface area contributed by atoms with Crippen LogP contribution in [0.15, 0.2) is 59.5 Å². The van der Waals surface area contributed by atoms with Crippen LogP contribution in [-0.4, -0.2) is 51.2 Å². The fraction of sp³-hybridized carbons (Fsp3) is 0.316. The van der Waals surface area contributed by atoms with Gasteiger partial charge >= 0.3 is 5.76 Å². The first-order valence-corrected chi connectivity index (χ1v) is 10.2. The highest BCUT2D eigenvalue weighted by Gasteiger charge is 2.28. The van der Waals surface area contributed by atoms with Gasteiger partial charge in [-0.25, -0.2) is 8.42 Å². The number of benzene rings is 2. The molecule has 1 aliphatic heterocycles. The minimum atomic E-state index is -4.64. The third-order valence-electron chi connectivity index (χ3n) is 4.72. The number of carbonyl (C=O) groups is 1. The molecule has 0 saturated carbocycles. The number of alkyl halides is 2. The van der Waals surface area contributed by atoms with Crippen LogP contribution in [0.1, 0.15) is 15.9 Å². The lowest BCUT2D eigenvalue weighted by Gasteiger charge is -2.32. The molecule has 0 atom stereocenters. The number of hydrogen-bond acceptors (Lipinski definition) is 3. The molecule has 0 aliphatic carbocycles. The summed E-state index contributed by atoms with van der Waals surface area (Å²) in [5.41, 5.74) is 1.55. The van der Waals surface area contributed by atoms with Gasteiger partial charge in [-0.15, -0.1) is 0 Å². The van der Waals surface area contributed by atoms with Gasteiger partial charge < -0.3 is 9.80 Å². The molecule has 5 nitrogen and oxygen atoms in total. The third-order valence-corrected chi connectivity index (χ3v) is 6.12. The maximum absolute atomic E-state index is 12.6. The van der Waals surface area contributed by atoms with Crippen LogP contribution in [0.2, 0.25) is 0 Å². The molecule has 1 fully saturated rings. The lowest BCUT2D eigenvalue weighted by atomic mass is 10.1. The van der Waals surface area contributed by atoms with Crippen LogP contribution in [0.4, 0.5) is 8.78 Å². The molecule has 2 aromatic rings. The Labute approximate surface area is 157 Å². The van der Waals surface area contributed by atoms with Crippen molar-refractivity contribution < 1.29 is 26.9 Å². The highest BCUT2D eigenvalue weighted by Crippen LogP contribution is 2.19. The van der Waals surface area contributed by atoms with E-state index in [1.54, 1.807) is 4.90 Å². The first-order valence-electron chi connectivity index (χ1n) is 8.67. The topological polar surface area (TPSA) is 58.9 Å². The maximum atomic E-state index is 12.6. The zero-order chi connectivity index (χ0) is 19.4. The Morgan fingerprint density at radius 2 is 1.59 bits per heavy atom. The number of hydrogen-bond donors (Lipinski definition) is 1. The van der Waals surface area contributed by atoms with Crippen molar-refractivity contribution in [3.63, 3.8) is 0 Å². The van der Waals surface area contributed by atoms with E-state index in [-0.39, 0.29) is 5.91 Å². The number of halogens is 2. The summed E-state index contributed by atoms with van der Waals surface area (Å²) in [6.07, 6.45) is 0. The monoisotopic (exact) mass is 395 g/mol. The highest BCUT2D eigenvalue weighted by molar-refractivity contribution is 7.91. The molecular weight excluding hydrogens is 374 g/mol. The summed E-state index contributed by atoms with van der Waals surface area (Å²) in [6, 6.07) is 14.9. The SMILES string of the molecule is O=C(c1ccc(S(=O)(=O)C(F)F)cc1)N1CC[NH+](Cc2ccccc2)CC1. The highest BCUT2D eigenvalue weighted by atomic mass is 32.2. The van der Waals surface area contributed by atoms with Crippen molar-refractivity contribution in [1.82, 2.24) is 4.90 Å². The Kier molecular flexibility index (Phi) is 5.86. The van der Waals surface area contributed by atoms with Crippen LogP contribution in [-0.2, 0) is 16.4 Å². The fourth-order valence-electron chi connectivity index (χ4n) is 3.16. The van der Waals surface area contributed by atoms with Crippen LogP contribution in [0.3, 0.4) is 0 Å². The molecule has 8 heteroatoms. The normalized spacial score (nSPS) is 15.9. The van der Waals surface area contributed by atoms with E-state index in [0.717, 1.165) is 31.8 Å². The largest absolute Gasteiger partial charge is 0.341 e. The fourth-order valence-corrected chi connectivity index (χ4v) is 3.88. The molecule has 1 aliphatic rings. The van der Waals surface area contributed by atoms with E-state index >= 15 is 0 Å². The Bertz CT molecular complexity index is 879. The first-order chi connectivity index (χ1) is 12.9. The van der Waals surface area contributed by atoms with E-state index in [4.69, 9.17) is 0 Å². The van der Waals surface area contributed by atoms with Crippen LogP contribution in [0, 0.1) is 0 Å². The predicted octanol–water partition coefficient (Wildman–Crippen LogP) is 1.22. The summed E-state index contributed by atoms with van der Waals surface area (Å²) in [4.78, 5) is 15.2. The van der Waals surface area contributed by atoms with Gasteiger partial charge in [0.15, 0.2) is 0 Å². The van der Waals surface area contributed by atoms with Gasteiger partial charge in [0.2, 0.25) is 9.84 Å². The zero-order valence-electron chi connectivity index (χ0n) is 14.6. The molecule has 0 radical (unpaired) electrons. The minimum absolute atomic E-state index is 0.213. The number of nitrogens with zero attached hydrogens (tertiary/aromatic N) is 1. The number of sulfone groups is 1. The predicted molar refractivity (Wildman–Crippen MR) is 96.4 cm³/mol. The Morgan fingerprint density at radius 3 is 2.15 bits per heavy atom. The van der Waals surface area contributed by atoms with Gasteiger partial charge in [-0.2, -0.15) is 8.78 Å². The van der Waals surface area contributed by atoms with Gasteiger partial charge in [0.25, 0.3) is 5.91 Å². The number of nitrogens with one attached hydrogen (secondary N) is 1. The molecule has 3 rings (SSSR count). The van der Waals surface area contributed by atoms with E-state index in [1.807, 2.05) is 18.2 Å². The first kappa shape index (κ1) is 19.4. The lowest BCUT2D eigenvalue weighted by Crippen LogP contribution is -3.13. The van der Waals surface area contributed by atoms with E-state index in [0.29, 0.717) is 18.7 Å². The molecule has 1 saturated heterocycles. The number of quaternary nitrogens is 1. The molecule has 2 aromatic carbocycles. The van der Waals surface area contributed by atoms with E-state index in [9.17, 15) is 22.0 Å². The van der Waals surface area contributed by atoms with E-state index in [1.165, 1.54) is 22.6 Å². The van der Waals surface area contributed by atoms with Gasteiger partial charge in [-0.3, -0.25) is 4.79 Å². The van der Waals surface area contributed by atoms with Gasteiger partial charge in [0, 0.05) is 11.1 Å². The molecule has 27 heavy (non-hydrogen) atoms. The van der Waals surface area contributed by atoms with E-state index in [2.05, 4.69) is 12.1 Å². The molecule has 0 spiro atoms. The van der Waals surface area contributed by atoms with Gasteiger partial charge in [0.1, 0.15) is 6.54 Å². The van der Waals surface area contributed by atoms with Gasteiger partial charge in [-0.1, -0.05) is 30.3 Å². The van der Waals surface area contributed by atoms with Gasteiger partial charge in [0.05, 0.1) is 31.1 Å². The van der Waals surface area contributed by atoms with Crippen molar-refractivity contribution >= 4 is 15.7 Å². The summed E-state index contributed by atoms with van der Waals surface area (Å²) in [5, 5.41) is 0. The Hall–Kier alpha value is -2.32. The van der Waals surface area contributed by atoms with E-state index < -0.39 is 20.5 Å². The average molecular weight is 395 g/mol. The van der Waals surface area contributed by atoms with Crippen molar-refractivity contribution in [3.05, 3.63) is 65.7 Å². The molecule has 0 unspecified atom stereocenters. The summed E-state index contributed by atoms with van der Waals surface area (Å²) in [7, 11) is -4.64. The van der Waals surface area contributed by atoms with Crippen molar-refractivity contribution in [2.45, 2.75) is 17.2 Å². The quantitative estimate of drug-likeness (QED) is 0.828. The lowest BCUT2D eigenvalue weighted by molar-refractivity contribution is -0.917. The summed E-state index contributed by atoms with van der Waals surface area (Å²) in [6.45, 7) is 3.73. The zero-order valence-corrected chi connectivity index (χ0v) is 15.5. The smallest absolute Gasteiger partial charge is 0.328 e. The molecule has 0 aromatic heterocycles. The van der Waals surface area contributed by atoms with Crippen molar-refractivity contribution in [2.24, 2.45) is 0 Å². The molecule has 1 N–H and O–H groups in total. The second-order valence-corrected chi connectivity index (χ2v) is 8.45. The van der Waals surface area contributed by atoms with Crippen molar-refractivity contribution in [2.75, 3.05) is 26.2 Å². The average Bonchev–Trinajstić information content (AvgIpc) is 2.69. The molecule has 1 amide bonds. The minimum Gasteiger partial charge on any atom is -0.328 e. The van der Waals surface area contributed by atoms with Gasteiger partial charge in [-0.05, 0) is 24.3 Å². The van der Waals surface area contributed by atoms with Crippen LogP contribution >= 0.6 is 0 Å². The standard InChI is InChI=1S/C19H20F2N2O3S/c20-19(21)27(25,26)17-8-6-16(7-9-17)18(24)23-12-10-22(11-13-23)14-15-4-2-1-3-5-15/h1-9,19H,10-14H2/p+1. The Balaban J connectivity index is 1.59. The third kappa shape index (κ3) is 4.51. The number of piperazine rings is 1. The van der Waals surface area contributed by atoms with Crippen LogP contribution in [0.5, 0.6) is 0 Å². The summed E-state index contributed by atoms with van der Waals surface area (Å²) < 4.78 is 48.1. The second kappa shape index (κ2) is 8.14. The number of rotatable bonds is 5. The Morgan fingerprint density at radius 1 is 1.00 bits per heavy atom. The summed E-state index contributed by atoms with van der Waals surface area (Å²) >= 11 is 0. The summed E-state index contributed by atoms with van der Waals surface area (Å²) in [5.74, 6) is -3.69. The molecule has 144 valence electrons. The van der Waals surface area contributed by atoms with Crippen LogP contribution in [0.25, 0.3) is 0 Å².